The molecule has 0 aliphatic heterocycles. The molecule has 1 fully saturated rings. The Hall–Kier alpha value is -1.71. The highest BCUT2D eigenvalue weighted by Crippen LogP contribution is 2.31. The molecule has 0 heterocycles. The summed E-state index contributed by atoms with van der Waals surface area (Å²) in [5.74, 6) is 0.462. The fourth-order valence-electron chi connectivity index (χ4n) is 2.59. The molecule has 1 aliphatic carbocycles. The molecule has 4 nitrogen and oxygen atoms in total. The van der Waals surface area contributed by atoms with Crippen molar-refractivity contribution in [2.24, 2.45) is 5.92 Å². The first-order valence-corrected chi connectivity index (χ1v) is 7.47. The summed E-state index contributed by atoms with van der Waals surface area (Å²) in [5.41, 5.74) is 7.92. The van der Waals surface area contributed by atoms with Crippen LogP contribution in [0.5, 0.6) is 0 Å². The van der Waals surface area contributed by atoms with E-state index < -0.39 is 0 Å². The van der Waals surface area contributed by atoms with Gasteiger partial charge < -0.3 is 15.4 Å². The van der Waals surface area contributed by atoms with Crippen LogP contribution in [0.1, 0.15) is 43.5 Å². The standard InChI is InChI=1S/C16H24N2O2/c1-3-18(11-12-6-5-7-12)15-9-8-13(17)10-14(15)16(19)20-4-2/h8-10,12H,3-7,11,17H2,1-2H3. The predicted molar refractivity (Wildman–Crippen MR) is 82.0 cm³/mol. The lowest BCUT2D eigenvalue weighted by atomic mass is 9.85. The average Bonchev–Trinajstić information content (AvgIpc) is 2.39. The van der Waals surface area contributed by atoms with Gasteiger partial charge in [0.25, 0.3) is 0 Å². The SMILES string of the molecule is CCOC(=O)c1cc(N)ccc1N(CC)CC1CCC1. The number of nitrogen functional groups attached to an aromatic ring is 1. The number of esters is 1. The molecule has 0 saturated heterocycles. The van der Waals surface area contributed by atoms with Crippen molar-refractivity contribution < 1.29 is 9.53 Å². The van der Waals surface area contributed by atoms with E-state index in [4.69, 9.17) is 10.5 Å². The van der Waals surface area contributed by atoms with E-state index in [1.165, 1.54) is 19.3 Å². The molecule has 0 amide bonds. The molecule has 110 valence electrons. The van der Waals surface area contributed by atoms with Gasteiger partial charge in [0, 0.05) is 18.8 Å². The van der Waals surface area contributed by atoms with E-state index in [1.807, 2.05) is 19.1 Å². The highest BCUT2D eigenvalue weighted by molar-refractivity contribution is 5.97. The third-order valence-corrected chi connectivity index (χ3v) is 3.94. The highest BCUT2D eigenvalue weighted by atomic mass is 16.5. The molecule has 2 N–H and O–H groups in total. The van der Waals surface area contributed by atoms with E-state index in [2.05, 4.69) is 11.8 Å². The maximum Gasteiger partial charge on any atom is 0.340 e. The van der Waals surface area contributed by atoms with Gasteiger partial charge in [0.1, 0.15) is 0 Å². The molecule has 0 atom stereocenters. The van der Waals surface area contributed by atoms with Crippen LogP contribution in [-0.4, -0.2) is 25.7 Å². The number of carbonyl (C=O) groups excluding carboxylic acids is 1. The minimum absolute atomic E-state index is 0.290. The Morgan fingerprint density at radius 1 is 1.40 bits per heavy atom. The van der Waals surface area contributed by atoms with Crippen LogP contribution in [-0.2, 0) is 4.74 Å². The minimum Gasteiger partial charge on any atom is -0.462 e. The summed E-state index contributed by atoms with van der Waals surface area (Å²) in [6, 6.07) is 5.50. The Morgan fingerprint density at radius 3 is 2.70 bits per heavy atom. The van der Waals surface area contributed by atoms with Crippen LogP contribution in [0.2, 0.25) is 0 Å². The van der Waals surface area contributed by atoms with Gasteiger partial charge in [-0.05, 0) is 50.8 Å². The van der Waals surface area contributed by atoms with Crippen molar-refractivity contribution in [3.8, 4) is 0 Å². The molecule has 20 heavy (non-hydrogen) atoms. The Kier molecular flexibility index (Phi) is 4.88. The molecule has 0 aromatic heterocycles. The number of anilines is 2. The molecule has 1 aromatic rings. The van der Waals surface area contributed by atoms with Gasteiger partial charge in [-0.25, -0.2) is 4.79 Å². The second kappa shape index (κ2) is 6.64. The Labute approximate surface area is 120 Å². The lowest BCUT2D eigenvalue weighted by Crippen LogP contribution is -2.33. The largest absolute Gasteiger partial charge is 0.462 e. The number of hydrogen-bond donors (Lipinski definition) is 1. The number of benzene rings is 1. The van der Waals surface area contributed by atoms with Crippen molar-refractivity contribution in [2.75, 3.05) is 30.3 Å². The summed E-state index contributed by atoms with van der Waals surface area (Å²) in [6.07, 6.45) is 3.91. The Morgan fingerprint density at radius 2 is 2.15 bits per heavy atom. The van der Waals surface area contributed by atoms with Gasteiger partial charge in [0.15, 0.2) is 0 Å². The molecular weight excluding hydrogens is 252 g/mol. The van der Waals surface area contributed by atoms with Gasteiger partial charge in [-0.15, -0.1) is 0 Å². The molecule has 0 spiro atoms. The predicted octanol–water partition coefficient (Wildman–Crippen LogP) is 3.07. The first-order chi connectivity index (χ1) is 9.65. The zero-order valence-corrected chi connectivity index (χ0v) is 12.4. The number of nitrogens with two attached hydrogens (primary N) is 1. The number of ether oxygens (including phenoxy) is 1. The van der Waals surface area contributed by atoms with Gasteiger partial charge >= 0.3 is 5.97 Å². The molecule has 0 unspecified atom stereocenters. The molecule has 1 aromatic carbocycles. The van der Waals surface area contributed by atoms with Crippen LogP contribution in [0.15, 0.2) is 18.2 Å². The van der Waals surface area contributed by atoms with Crippen LogP contribution < -0.4 is 10.6 Å². The van der Waals surface area contributed by atoms with Crippen LogP contribution in [0.25, 0.3) is 0 Å². The fourth-order valence-corrected chi connectivity index (χ4v) is 2.59. The highest BCUT2D eigenvalue weighted by Gasteiger charge is 2.23. The van der Waals surface area contributed by atoms with E-state index in [-0.39, 0.29) is 5.97 Å². The average molecular weight is 276 g/mol. The van der Waals surface area contributed by atoms with E-state index in [0.717, 1.165) is 24.7 Å². The molecule has 4 heteroatoms. The Bertz CT molecular complexity index is 470. The third kappa shape index (κ3) is 3.24. The first kappa shape index (κ1) is 14.7. The van der Waals surface area contributed by atoms with E-state index in [0.29, 0.717) is 17.9 Å². The van der Waals surface area contributed by atoms with Crippen molar-refractivity contribution in [3.63, 3.8) is 0 Å². The fraction of sp³-hybridized carbons (Fsp3) is 0.562. The zero-order valence-electron chi connectivity index (χ0n) is 12.4. The van der Waals surface area contributed by atoms with E-state index in [1.54, 1.807) is 6.07 Å². The zero-order chi connectivity index (χ0) is 14.5. The van der Waals surface area contributed by atoms with Crippen molar-refractivity contribution >= 4 is 17.3 Å². The summed E-state index contributed by atoms with van der Waals surface area (Å²) >= 11 is 0. The third-order valence-electron chi connectivity index (χ3n) is 3.94. The second-order valence-corrected chi connectivity index (χ2v) is 5.33. The molecule has 0 bridgehead atoms. The summed E-state index contributed by atoms with van der Waals surface area (Å²) in [7, 11) is 0. The molecule has 2 rings (SSSR count). The van der Waals surface area contributed by atoms with E-state index >= 15 is 0 Å². The lowest BCUT2D eigenvalue weighted by Gasteiger charge is -2.34. The molecule has 1 saturated carbocycles. The molecular formula is C16H24N2O2. The number of rotatable bonds is 6. The van der Waals surface area contributed by atoms with Crippen LogP contribution >= 0.6 is 0 Å². The van der Waals surface area contributed by atoms with Crippen LogP contribution in [0, 0.1) is 5.92 Å². The van der Waals surface area contributed by atoms with Crippen molar-refractivity contribution in [1.29, 1.82) is 0 Å². The van der Waals surface area contributed by atoms with Crippen molar-refractivity contribution in [3.05, 3.63) is 23.8 Å². The summed E-state index contributed by atoms with van der Waals surface area (Å²) in [5, 5.41) is 0. The molecule has 0 radical (unpaired) electrons. The van der Waals surface area contributed by atoms with Gasteiger partial charge in [-0.2, -0.15) is 0 Å². The summed E-state index contributed by atoms with van der Waals surface area (Å²) in [6.45, 7) is 6.20. The van der Waals surface area contributed by atoms with Crippen LogP contribution in [0.4, 0.5) is 11.4 Å². The smallest absolute Gasteiger partial charge is 0.340 e. The lowest BCUT2D eigenvalue weighted by molar-refractivity contribution is 0.0527. The Balaban J connectivity index is 2.25. The maximum atomic E-state index is 12.1. The van der Waals surface area contributed by atoms with Gasteiger partial charge in [-0.3, -0.25) is 0 Å². The topological polar surface area (TPSA) is 55.6 Å². The van der Waals surface area contributed by atoms with E-state index in [9.17, 15) is 4.79 Å². The van der Waals surface area contributed by atoms with Crippen molar-refractivity contribution in [1.82, 2.24) is 0 Å². The normalized spacial score (nSPS) is 14.7. The first-order valence-electron chi connectivity index (χ1n) is 7.47. The van der Waals surface area contributed by atoms with Gasteiger partial charge in [-0.1, -0.05) is 6.42 Å². The maximum absolute atomic E-state index is 12.1. The van der Waals surface area contributed by atoms with Crippen molar-refractivity contribution in [2.45, 2.75) is 33.1 Å². The van der Waals surface area contributed by atoms with Gasteiger partial charge in [0.05, 0.1) is 17.9 Å². The monoisotopic (exact) mass is 276 g/mol. The van der Waals surface area contributed by atoms with Crippen LogP contribution in [0.3, 0.4) is 0 Å². The quantitative estimate of drug-likeness (QED) is 0.641. The summed E-state index contributed by atoms with van der Waals surface area (Å²) < 4.78 is 5.14. The number of hydrogen-bond acceptors (Lipinski definition) is 4. The summed E-state index contributed by atoms with van der Waals surface area (Å²) in [4.78, 5) is 14.4. The number of nitrogens with zero attached hydrogens (tertiary/aromatic N) is 1. The van der Waals surface area contributed by atoms with Gasteiger partial charge in [0.2, 0.25) is 0 Å². The number of carbonyl (C=O) groups is 1. The second-order valence-electron chi connectivity index (χ2n) is 5.33. The minimum atomic E-state index is -0.290. The molecule has 1 aliphatic rings.